The molecule has 1 N–H and O–H groups in total. The van der Waals surface area contributed by atoms with Gasteiger partial charge in [-0.15, -0.1) is 0 Å². The second-order valence-electron chi connectivity index (χ2n) is 6.95. The molecule has 2 rings (SSSR count). The Kier molecular flexibility index (Phi) is 7.65. The molecule has 0 aromatic heterocycles. The number of carbonyl (C=O) groups is 3. The van der Waals surface area contributed by atoms with Crippen molar-refractivity contribution < 1.29 is 27.9 Å². The lowest BCUT2D eigenvalue weighted by atomic mass is 9.81. The van der Waals surface area contributed by atoms with E-state index in [1.807, 2.05) is 0 Å². The first kappa shape index (κ1) is 22.3. The van der Waals surface area contributed by atoms with Crippen LogP contribution >= 0.6 is 0 Å². The molecule has 1 aromatic carbocycles. The molecule has 0 atom stereocenters. The molecule has 1 fully saturated rings. The van der Waals surface area contributed by atoms with Crippen LogP contribution in [0.15, 0.2) is 18.2 Å². The number of nitriles is 1. The van der Waals surface area contributed by atoms with Gasteiger partial charge in [-0.2, -0.15) is 5.26 Å². The van der Waals surface area contributed by atoms with Crippen molar-refractivity contribution >= 4 is 17.8 Å². The maximum absolute atomic E-state index is 13.5. The molecule has 0 saturated heterocycles. The average molecular weight is 407 g/mol. The molecule has 29 heavy (non-hydrogen) atoms. The quantitative estimate of drug-likeness (QED) is 0.700. The molecular weight excluding hydrogens is 384 g/mol. The Morgan fingerprint density at radius 1 is 1.24 bits per heavy atom. The summed E-state index contributed by atoms with van der Waals surface area (Å²) >= 11 is 0. The van der Waals surface area contributed by atoms with Crippen molar-refractivity contribution in [3.8, 4) is 6.07 Å². The average Bonchev–Trinajstić information content (AvgIpc) is 2.71. The Balaban J connectivity index is 1.76. The van der Waals surface area contributed by atoms with Gasteiger partial charge in [-0.25, -0.2) is 8.78 Å². The Labute approximate surface area is 167 Å². The third kappa shape index (κ3) is 5.73. The Morgan fingerprint density at radius 3 is 2.55 bits per heavy atom. The van der Waals surface area contributed by atoms with E-state index in [-0.39, 0.29) is 18.5 Å². The molecule has 1 aliphatic carbocycles. The number of rotatable bonds is 7. The maximum atomic E-state index is 13.5. The van der Waals surface area contributed by atoms with Crippen molar-refractivity contribution in [3.05, 3.63) is 35.4 Å². The highest BCUT2D eigenvalue weighted by Crippen LogP contribution is 2.32. The zero-order chi connectivity index (χ0) is 21.4. The first-order valence-corrected chi connectivity index (χ1v) is 9.36. The highest BCUT2D eigenvalue weighted by atomic mass is 19.1. The topological polar surface area (TPSA) is 99.5 Å². The monoisotopic (exact) mass is 407 g/mol. The van der Waals surface area contributed by atoms with E-state index in [2.05, 4.69) is 11.4 Å². The highest BCUT2D eigenvalue weighted by Gasteiger charge is 2.38. The van der Waals surface area contributed by atoms with Crippen molar-refractivity contribution in [2.24, 2.45) is 0 Å². The summed E-state index contributed by atoms with van der Waals surface area (Å²) in [6.07, 6.45) is 3.69. The predicted octanol–water partition coefficient (Wildman–Crippen LogP) is 2.31. The summed E-state index contributed by atoms with van der Waals surface area (Å²) in [7, 11) is 1.53. The molecule has 1 aromatic rings. The van der Waals surface area contributed by atoms with Gasteiger partial charge < -0.3 is 15.0 Å². The van der Waals surface area contributed by atoms with Crippen LogP contribution in [-0.2, 0) is 14.3 Å². The summed E-state index contributed by atoms with van der Waals surface area (Å²) in [6.45, 7) is -0.639. The second-order valence-corrected chi connectivity index (χ2v) is 6.95. The number of amides is 2. The molecule has 0 unspecified atom stereocenters. The van der Waals surface area contributed by atoms with E-state index in [1.54, 1.807) is 0 Å². The Morgan fingerprint density at radius 2 is 1.93 bits per heavy atom. The minimum absolute atomic E-state index is 0.138. The van der Waals surface area contributed by atoms with Gasteiger partial charge in [-0.05, 0) is 25.0 Å². The first-order chi connectivity index (χ1) is 13.8. The van der Waals surface area contributed by atoms with Crippen LogP contribution in [0.3, 0.4) is 0 Å². The van der Waals surface area contributed by atoms with Gasteiger partial charge in [-0.3, -0.25) is 14.4 Å². The van der Waals surface area contributed by atoms with Crippen LogP contribution in [0.5, 0.6) is 0 Å². The third-order valence-electron chi connectivity index (χ3n) is 5.05. The summed E-state index contributed by atoms with van der Waals surface area (Å²) in [5, 5.41) is 11.8. The lowest BCUT2D eigenvalue weighted by Gasteiger charge is -2.38. The van der Waals surface area contributed by atoms with Crippen LogP contribution in [0.4, 0.5) is 8.78 Å². The van der Waals surface area contributed by atoms with Gasteiger partial charge in [0, 0.05) is 19.7 Å². The molecular formula is C20H23F2N3O4. The maximum Gasteiger partial charge on any atom is 0.308 e. The van der Waals surface area contributed by atoms with Gasteiger partial charge >= 0.3 is 5.97 Å². The van der Waals surface area contributed by atoms with Crippen LogP contribution in [-0.4, -0.2) is 48.4 Å². The normalized spacial score (nSPS) is 15.1. The van der Waals surface area contributed by atoms with E-state index < -0.39 is 41.6 Å². The fraction of sp³-hybridized carbons (Fsp3) is 0.500. The van der Waals surface area contributed by atoms with Crippen LogP contribution < -0.4 is 5.32 Å². The van der Waals surface area contributed by atoms with E-state index >= 15 is 0 Å². The van der Waals surface area contributed by atoms with Crippen LogP contribution in [0, 0.1) is 23.0 Å². The number of carbonyl (C=O) groups excluding carboxylic acids is 3. The number of nitrogens with one attached hydrogen (secondary N) is 1. The fourth-order valence-electron chi connectivity index (χ4n) is 3.26. The van der Waals surface area contributed by atoms with Crippen LogP contribution in [0.2, 0.25) is 0 Å². The van der Waals surface area contributed by atoms with E-state index in [0.717, 1.165) is 31.4 Å². The zero-order valence-electron chi connectivity index (χ0n) is 16.2. The second kappa shape index (κ2) is 9.96. The SMILES string of the molecule is CN(C(=O)COC(=O)CCNC(=O)c1ccc(F)cc1F)C1(C#N)CCCCC1. The molecule has 1 saturated carbocycles. The third-order valence-corrected chi connectivity index (χ3v) is 5.05. The summed E-state index contributed by atoms with van der Waals surface area (Å²) in [5.41, 5.74) is -1.21. The Bertz CT molecular complexity index is 816. The van der Waals surface area contributed by atoms with Gasteiger partial charge in [0.2, 0.25) is 0 Å². The zero-order valence-corrected chi connectivity index (χ0v) is 16.2. The number of ether oxygens (including phenoxy) is 1. The van der Waals surface area contributed by atoms with Crippen LogP contribution in [0.25, 0.3) is 0 Å². The lowest BCUT2D eigenvalue weighted by Crippen LogP contribution is -2.51. The summed E-state index contributed by atoms with van der Waals surface area (Å²) in [6, 6.07) is 4.76. The smallest absolute Gasteiger partial charge is 0.308 e. The molecule has 9 heteroatoms. The molecule has 7 nitrogen and oxygen atoms in total. The van der Waals surface area contributed by atoms with Crippen molar-refractivity contribution in [2.45, 2.75) is 44.1 Å². The van der Waals surface area contributed by atoms with Crippen molar-refractivity contribution in [1.82, 2.24) is 10.2 Å². The fourth-order valence-corrected chi connectivity index (χ4v) is 3.26. The number of esters is 1. The van der Waals surface area contributed by atoms with Gasteiger partial charge in [-0.1, -0.05) is 19.3 Å². The predicted molar refractivity (Wildman–Crippen MR) is 98.5 cm³/mol. The molecule has 156 valence electrons. The summed E-state index contributed by atoms with van der Waals surface area (Å²) < 4.78 is 31.3. The molecule has 0 heterocycles. The van der Waals surface area contributed by atoms with Gasteiger partial charge in [0.1, 0.15) is 17.2 Å². The molecule has 1 aliphatic rings. The van der Waals surface area contributed by atoms with E-state index in [0.29, 0.717) is 18.9 Å². The molecule has 0 bridgehead atoms. The van der Waals surface area contributed by atoms with Crippen molar-refractivity contribution in [1.29, 1.82) is 5.26 Å². The van der Waals surface area contributed by atoms with Crippen LogP contribution in [0.1, 0.15) is 48.9 Å². The lowest BCUT2D eigenvalue weighted by molar-refractivity contribution is -0.153. The Hall–Kier alpha value is -3.02. The molecule has 0 spiro atoms. The molecule has 0 radical (unpaired) electrons. The number of nitrogens with zero attached hydrogens (tertiary/aromatic N) is 2. The van der Waals surface area contributed by atoms with Gasteiger partial charge in [0.05, 0.1) is 18.1 Å². The van der Waals surface area contributed by atoms with Gasteiger partial charge in [0.15, 0.2) is 6.61 Å². The number of hydrogen-bond donors (Lipinski definition) is 1. The number of benzene rings is 1. The number of halogens is 2. The van der Waals surface area contributed by atoms with E-state index in [4.69, 9.17) is 4.74 Å². The molecule has 0 aliphatic heterocycles. The van der Waals surface area contributed by atoms with Crippen molar-refractivity contribution in [3.63, 3.8) is 0 Å². The van der Waals surface area contributed by atoms with E-state index in [1.165, 1.54) is 11.9 Å². The minimum atomic E-state index is -1.01. The number of hydrogen-bond acceptors (Lipinski definition) is 5. The molecule has 2 amide bonds. The summed E-state index contributed by atoms with van der Waals surface area (Å²) in [5.74, 6) is -3.80. The van der Waals surface area contributed by atoms with E-state index in [9.17, 15) is 28.4 Å². The largest absolute Gasteiger partial charge is 0.456 e. The first-order valence-electron chi connectivity index (χ1n) is 9.36. The summed E-state index contributed by atoms with van der Waals surface area (Å²) in [4.78, 5) is 37.3. The van der Waals surface area contributed by atoms with Gasteiger partial charge in [0.25, 0.3) is 11.8 Å². The highest BCUT2D eigenvalue weighted by molar-refractivity contribution is 5.94. The minimum Gasteiger partial charge on any atom is -0.456 e. The number of likely N-dealkylation sites (N-methyl/N-ethyl adjacent to an activating group) is 1. The van der Waals surface area contributed by atoms with Crippen molar-refractivity contribution in [2.75, 3.05) is 20.2 Å². The standard InChI is InChI=1S/C20H23F2N3O4/c1-25(20(13-23)8-3-2-4-9-20)17(26)12-29-18(27)7-10-24-19(28)15-6-5-14(21)11-16(15)22/h5-6,11H,2-4,7-10,12H2,1H3,(H,24,28).